The first-order chi connectivity index (χ1) is 6.63. The number of hydrogen-bond acceptors (Lipinski definition) is 0. The van der Waals surface area contributed by atoms with E-state index in [1.807, 2.05) is 13.0 Å². The first-order valence-corrected chi connectivity index (χ1v) is 5.94. The number of halogens is 3. The molecule has 0 spiro atoms. The quantitative estimate of drug-likeness (QED) is 0.710. The molecule has 0 aliphatic carbocycles. The molecule has 0 nitrogen and oxygen atoms in total. The number of alkyl halides is 1. The molecule has 0 N–H and O–H groups in total. The third kappa shape index (κ3) is 3.58. The predicted molar refractivity (Wildman–Crippen MR) is 62.4 cm³/mol. The Balaban J connectivity index is 2.62. The summed E-state index contributed by atoms with van der Waals surface area (Å²) in [5.41, 5.74) is 0.735. The number of aryl methyl sites for hydroxylation is 1. The summed E-state index contributed by atoms with van der Waals surface area (Å²) in [7, 11) is 0. The molecule has 1 aromatic rings. The molecule has 1 atom stereocenters. The van der Waals surface area contributed by atoms with Crippen LogP contribution in [0.1, 0.15) is 25.3 Å². The zero-order valence-corrected chi connectivity index (χ0v) is 10.4. The van der Waals surface area contributed by atoms with E-state index in [1.165, 1.54) is 6.07 Å². The molecular weight excluding hydrogens is 266 g/mol. The lowest BCUT2D eigenvalue weighted by Gasteiger charge is -2.07. The summed E-state index contributed by atoms with van der Waals surface area (Å²) in [4.78, 5) is 0. The van der Waals surface area contributed by atoms with E-state index in [0.29, 0.717) is 6.42 Å². The third-order valence-electron chi connectivity index (χ3n) is 2.18. The highest BCUT2D eigenvalue weighted by Crippen LogP contribution is 2.19. The van der Waals surface area contributed by atoms with Gasteiger partial charge < -0.3 is 0 Å². The lowest BCUT2D eigenvalue weighted by Crippen LogP contribution is -2.00. The predicted octanol–water partition coefficient (Wildman–Crippen LogP) is 4.54. The molecule has 0 heterocycles. The third-order valence-corrected chi connectivity index (χ3v) is 3.20. The molecular formula is C11H13BrClF. The molecule has 0 radical (unpaired) electrons. The second-order valence-corrected chi connectivity index (χ2v) is 4.81. The van der Waals surface area contributed by atoms with Gasteiger partial charge in [-0.2, -0.15) is 0 Å². The summed E-state index contributed by atoms with van der Waals surface area (Å²) in [5, 5.41) is 0.147. The molecule has 0 bridgehead atoms. The van der Waals surface area contributed by atoms with Gasteiger partial charge in [-0.1, -0.05) is 22.9 Å². The average Bonchev–Trinajstić information content (AvgIpc) is 2.19. The van der Waals surface area contributed by atoms with Gasteiger partial charge in [0.2, 0.25) is 0 Å². The molecule has 1 unspecified atom stereocenters. The minimum absolute atomic E-state index is 0.145. The molecule has 1 rings (SSSR count). The standard InChI is InChI=1S/C11H13BrClF/c1-2-10(13)5-3-8-7-9(12)4-6-11(8)14/h4,6-7,10H,2-3,5H2,1H3. The number of benzene rings is 1. The van der Waals surface area contributed by atoms with Gasteiger partial charge in [-0.25, -0.2) is 4.39 Å². The van der Waals surface area contributed by atoms with Crippen LogP contribution in [0.15, 0.2) is 22.7 Å². The maximum atomic E-state index is 13.3. The van der Waals surface area contributed by atoms with Crippen LogP contribution in [0.2, 0.25) is 0 Å². The van der Waals surface area contributed by atoms with Crippen molar-refractivity contribution in [2.75, 3.05) is 0 Å². The van der Waals surface area contributed by atoms with Crippen LogP contribution in [0.5, 0.6) is 0 Å². The van der Waals surface area contributed by atoms with Crippen molar-refractivity contribution in [2.45, 2.75) is 31.6 Å². The minimum Gasteiger partial charge on any atom is -0.207 e. The van der Waals surface area contributed by atoms with E-state index in [-0.39, 0.29) is 11.2 Å². The highest BCUT2D eigenvalue weighted by Gasteiger charge is 2.06. The van der Waals surface area contributed by atoms with Crippen molar-refractivity contribution in [1.29, 1.82) is 0 Å². The van der Waals surface area contributed by atoms with Gasteiger partial charge in [0.1, 0.15) is 5.82 Å². The fourth-order valence-corrected chi connectivity index (χ4v) is 1.77. The van der Waals surface area contributed by atoms with Crippen LogP contribution < -0.4 is 0 Å². The average molecular weight is 280 g/mol. The maximum absolute atomic E-state index is 13.3. The van der Waals surface area contributed by atoms with Gasteiger partial charge in [0, 0.05) is 9.85 Å². The second kappa shape index (κ2) is 5.72. The van der Waals surface area contributed by atoms with Gasteiger partial charge >= 0.3 is 0 Å². The lowest BCUT2D eigenvalue weighted by atomic mass is 10.1. The Labute approximate surface area is 97.6 Å². The van der Waals surface area contributed by atoms with Crippen molar-refractivity contribution >= 4 is 27.5 Å². The first-order valence-electron chi connectivity index (χ1n) is 4.71. The highest BCUT2D eigenvalue weighted by molar-refractivity contribution is 9.10. The molecule has 0 aliphatic rings. The van der Waals surface area contributed by atoms with Crippen LogP contribution in [0.4, 0.5) is 4.39 Å². The van der Waals surface area contributed by atoms with E-state index in [0.717, 1.165) is 22.9 Å². The Bertz CT molecular complexity index is 301. The largest absolute Gasteiger partial charge is 0.207 e. The van der Waals surface area contributed by atoms with Crippen molar-refractivity contribution in [1.82, 2.24) is 0 Å². The van der Waals surface area contributed by atoms with E-state index in [2.05, 4.69) is 15.9 Å². The molecule has 1 aromatic carbocycles. The Morgan fingerprint density at radius 2 is 2.21 bits per heavy atom. The molecule has 0 saturated carbocycles. The summed E-state index contributed by atoms with van der Waals surface area (Å²) in [6.45, 7) is 2.04. The van der Waals surface area contributed by atoms with Gasteiger partial charge in [-0.15, -0.1) is 11.6 Å². The summed E-state index contributed by atoms with van der Waals surface area (Å²) >= 11 is 9.29. The Morgan fingerprint density at radius 1 is 1.50 bits per heavy atom. The maximum Gasteiger partial charge on any atom is 0.126 e. The van der Waals surface area contributed by atoms with Crippen LogP contribution in [0.25, 0.3) is 0 Å². The molecule has 0 amide bonds. The van der Waals surface area contributed by atoms with E-state index in [1.54, 1.807) is 6.07 Å². The van der Waals surface area contributed by atoms with Crippen LogP contribution in [0.3, 0.4) is 0 Å². The summed E-state index contributed by atoms with van der Waals surface area (Å²) < 4.78 is 14.2. The van der Waals surface area contributed by atoms with Crippen LogP contribution >= 0.6 is 27.5 Å². The van der Waals surface area contributed by atoms with Gasteiger partial charge in [0.05, 0.1) is 0 Å². The van der Waals surface area contributed by atoms with Gasteiger partial charge in [-0.3, -0.25) is 0 Å². The molecule has 3 heteroatoms. The van der Waals surface area contributed by atoms with Crippen LogP contribution in [-0.2, 0) is 6.42 Å². The Morgan fingerprint density at radius 3 is 2.86 bits per heavy atom. The molecule has 78 valence electrons. The number of hydrogen-bond donors (Lipinski definition) is 0. The monoisotopic (exact) mass is 278 g/mol. The normalized spacial score (nSPS) is 12.9. The fraction of sp³-hybridized carbons (Fsp3) is 0.455. The van der Waals surface area contributed by atoms with Crippen molar-refractivity contribution in [3.8, 4) is 0 Å². The smallest absolute Gasteiger partial charge is 0.126 e. The van der Waals surface area contributed by atoms with Crippen molar-refractivity contribution in [3.63, 3.8) is 0 Å². The molecule has 14 heavy (non-hydrogen) atoms. The topological polar surface area (TPSA) is 0 Å². The number of rotatable bonds is 4. The fourth-order valence-electron chi connectivity index (χ4n) is 1.25. The van der Waals surface area contributed by atoms with Crippen molar-refractivity contribution in [2.24, 2.45) is 0 Å². The first kappa shape index (κ1) is 12.0. The van der Waals surface area contributed by atoms with Gasteiger partial charge in [0.25, 0.3) is 0 Å². The molecule has 0 fully saturated rings. The summed E-state index contributed by atoms with van der Waals surface area (Å²) in [6, 6.07) is 5.00. The van der Waals surface area contributed by atoms with E-state index < -0.39 is 0 Å². The zero-order chi connectivity index (χ0) is 10.6. The summed E-state index contributed by atoms with van der Waals surface area (Å²) in [6.07, 6.45) is 2.45. The van der Waals surface area contributed by atoms with Crippen molar-refractivity contribution in [3.05, 3.63) is 34.1 Å². The Hall–Kier alpha value is -0.0800. The highest BCUT2D eigenvalue weighted by atomic mass is 79.9. The minimum atomic E-state index is -0.145. The van der Waals surface area contributed by atoms with E-state index in [9.17, 15) is 4.39 Å². The van der Waals surface area contributed by atoms with Crippen molar-refractivity contribution < 1.29 is 4.39 Å². The SMILES string of the molecule is CCC(Cl)CCc1cc(Br)ccc1F. The molecule has 0 aliphatic heterocycles. The van der Waals surface area contributed by atoms with Crippen LogP contribution in [-0.4, -0.2) is 5.38 Å². The van der Waals surface area contributed by atoms with Gasteiger partial charge in [-0.05, 0) is 43.0 Å². The molecule has 0 saturated heterocycles. The van der Waals surface area contributed by atoms with Crippen LogP contribution in [0, 0.1) is 5.82 Å². The molecule has 0 aromatic heterocycles. The van der Waals surface area contributed by atoms with E-state index in [4.69, 9.17) is 11.6 Å². The summed E-state index contributed by atoms with van der Waals surface area (Å²) in [5.74, 6) is -0.145. The van der Waals surface area contributed by atoms with Gasteiger partial charge in [0.15, 0.2) is 0 Å². The Kier molecular flexibility index (Phi) is 4.90. The zero-order valence-electron chi connectivity index (χ0n) is 8.06. The lowest BCUT2D eigenvalue weighted by molar-refractivity contribution is 0.599. The van der Waals surface area contributed by atoms with E-state index >= 15 is 0 Å². The second-order valence-electron chi connectivity index (χ2n) is 3.28.